The molecule has 0 fully saturated rings. The van der Waals surface area contributed by atoms with Crippen molar-refractivity contribution in [2.75, 3.05) is 20.3 Å². The molecule has 1 aromatic heterocycles. The van der Waals surface area contributed by atoms with Gasteiger partial charge in [-0.25, -0.2) is 4.98 Å². The van der Waals surface area contributed by atoms with Crippen LogP contribution in [0.3, 0.4) is 0 Å². The smallest absolute Gasteiger partial charge is 0.240 e. The lowest BCUT2D eigenvalue weighted by Gasteiger charge is -2.05. The van der Waals surface area contributed by atoms with E-state index in [-0.39, 0.29) is 18.3 Å². The van der Waals surface area contributed by atoms with Crippen LogP contribution in [0.15, 0.2) is 12.4 Å². The van der Waals surface area contributed by atoms with Gasteiger partial charge in [0, 0.05) is 32.7 Å². The molecule has 0 aromatic carbocycles. The Hall–Kier alpha value is -1.87. The van der Waals surface area contributed by atoms with E-state index in [1.54, 1.807) is 13.3 Å². The summed E-state index contributed by atoms with van der Waals surface area (Å²) >= 11 is 0. The Kier molecular flexibility index (Phi) is 5.02. The van der Waals surface area contributed by atoms with Crippen molar-refractivity contribution in [3.63, 3.8) is 0 Å². The number of hydrogen-bond acceptors (Lipinski definition) is 4. The summed E-state index contributed by atoms with van der Waals surface area (Å²) in [6.45, 7) is 1.31. The number of ether oxygens (including phenoxy) is 1. The average Bonchev–Trinajstić information content (AvgIpc) is 2.71. The summed E-state index contributed by atoms with van der Waals surface area (Å²) in [5.41, 5.74) is 0. The zero-order chi connectivity index (χ0) is 11.8. The van der Waals surface area contributed by atoms with E-state index in [0.29, 0.717) is 13.2 Å². The number of imidazole rings is 1. The number of nitrogens with zero attached hydrogens (tertiary/aromatic N) is 3. The molecule has 6 nitrogen and oxygen atoms in total. The van der Waals surface area contributed by atoms with Gasteiger partial charge in [0.05, 0.1) is 0 Å². The number of hydrogen-bond donors (Lipinski definition) is 1. The Morgan fingerprint density at radius 3 is 3.25 bits per heavy atom. The van der Waals surface area contributed by atoms with Crippen LogP contribution in [0.5, 0.6) is 0 Å². The Morgan fingerprint density at radius 2 is 2.56 bits per heavy atom. The van der Waals surface area contributed by atoms with E-state index in [1.165, 1.54) is 10.8 Å². The minimum atomic E-state index is -0.134. The van der Waals surface area contributed by atoms with Crippen LogP contribution in [0.4, 0.5) is 0 Å². The third-order valence-corrected chi connectivity index (χ3v) is 1.98. The summed E-state index contributed by atoms with van der Waals surface area (Å²) in [4.78, 5) is 15.2. The molecule has 0 aliphatic carbocycles. The van der Waals surface area contributed by atoms with Crippen molar-refractivity contribution < 1.29 is 9.53 Å². The monoisotopic (exact) mass is 222 g/mol. The van der Waals surface area contributed by atoms with Crippen molar-refractivity contribution in [1.82, 2.24) is 14.9 Å². The molecule has 0 aliphatic heterocycles. The second kappa shape index (κ2) is 6.58. The first kappa shape index (κ1) is 12.2. The fourth-order valence-electron chi connectivity index (χ4n) is 1.20. The molecule has 16 heavy (non-hydrogen) atoms. The first-order valence-corrected chi connectivity index (χ1v) is 4.94. The van der Waals surface area contributed by atoms with Crippen LogP contribution in [0.1, 0.15) is 12.2 Å². The lowest BCUT2D eigenvalue weighted by molar-refractivity contribution is -0.121. The number of carbonyl (C=O) groups is 1. The highest BCUT2D eigenvalue weighted by Gasteiger charge is 2.05. The quantitative estimate of drug-likeness (QED) is 0.682. The molecule has 1 aromatic rings. The molecule has 0 saturated heterocycles. The molecule has 0 atom stereocenters. The third-order valence-electron chi connectivity index (χ3n) is 1.98. The topological polar surface area (TPSA) is 79.9 Å². The first-order chi connectivity index (χ1) is 7.77. The molecule has 86 valence electrons. The fourth-order valence-corrected chi connectivity index (χ4v) is 1.20. The lowest BCUT2D eigenvalue weighted by Crippen LogP contribution is -2.29. The molecule has 0 aliphatic rings. The van der Waals surface area contributed by atoms with E-state index in [1.807, 2.05) is 6.07 Å². The summed E-state index contributed by atoms with van der Waals surface area (Å²) in [5.74, 6) is 0.109. The van der Waals surface area contributed by atoms with Crippen molar-refractivity contribution in [2.24, 2.45) is 0 Å². The number of carbonyl (C=O) groups excluding carboxylic acids is 1. The Labute approximate surface area is 93.8 Å². The summed E-state index contributed by atoms with van der Waals surface area (Å²) in [7, 11) is 1.62. The van der Waals surface area contributed by atoms with Crippen molar-refractivity contribution in [2.45, 2.75) is 13.0 Å². The molecule has 0 radical (unpaired) electrons. The Bertz CT molecular complexity index is 380. The van der Waals surface area contributed by atoms with Crippen LogP contribution < -0.4 is 5.32 Å². The van der Waals surface area contributed by atoms with E-state index < -0.39 is 0 Å². The predicted octanol–water partition coefficient (Wildman–Crippen LogP) is -0.0925. The minimum Gasteiger partial charge on any atom is -0.385 e. The zero-order valence-electron chi connectivity index (χ0n) is 9.14. The van der Waals surface area contributed by atoms with Gasteiger partial charge in [-0.05, 0) is 6.42 Å². The van der Waals surface area contributed by atoms with Gasteiger partial charge in [-0.2, -0.15) is 5.26 Å². The second-order valence-electron chi connectivity index (χ2n) is 3.19. The molecule has 1 rings (SSSR count). The minimum absolute atomic E-state index is 0.121. The molecular formula is C10H14N4O2. The molecule has 1 N–H and O–H groups in total. The van der Waals surface area contributed by atoms with Gasteiger partial charge in [-0.15, -0.1) is 0 Å². The third kappa shape index (κ3) is 3.71. The van der Waals surface area contributed by atoms with Gasteiger partial charge in [0.1, 0.15) is 12.6 Å². The zero-order valence-corrected chi connectivity index (χ0v) is 9.14. The largest absolute Gasteiger partial charge is 0.385 e. The van der Waals surface area contributed by atoms with Crippen molar-refractivity contribution in [3.8, 4) is 6.07 Å². The highest BCUT2D eigenvalue weighted by molar-refractivity contribution is 5.75. The maximum absolute atomic E-state index is 11.4. The molecular weight excluding hydrogens is 208 g/mol. The molecule has 1 amide bonds. The molecule has 1 heterocycles. The van der Waals surface area contributed by atoms with E-state index in [4.69, 9.17) is 10.00 Å². The SMILES string of the molecule is COCCCNC(=O)Cn1ccnc1C#N. The van der Waals surface area contributed by atoms with Crippen LogP contribution in [0, 0.1) is 11.3 Å². The van der Waals surface area contributed by atoms with E-state index in [9.17, 15) is 4.79 Å². The normalized spacial score (nSPS) is 9.75. The fraction of sp³-hybridized carbons (Fsp3) is 0.500. The number of aromatic nitrogens is 2. The lowest BCUT2D eigenvalue weighted by atomic mass is 10.4. The van der Waals surface area contributed by atoms with E-state index in [0.717, 1.165) is 6.42 Å². The molecule has 0 unspecified atom stereocenters. The van der Waals surface area contributed by atoms with Crippen molar-refractivity contribution >= 4 is 5.91 Å². The summed E-state index contributed by atoms with van der Waals surface area (Å²) in [5, 5.41) is 11.4. The van der Waals surface area contributed by atoms with Gasteiger partial charge in [-0.1, -0.05) is 0 Å². The van der Waals surface area contributed by atoms with Crippen LogP contribution in [-0.2, 0) is 16.1 Å². The van der Waals surface area contributed by atoms with Crippen LogP contribution in [0.25, 0.3) is 0 Å². The van der Waals surface area contributed by atoms with E-state index in [2.05, 4.69) is 10.3 Å². The number of nitriles is 1. The summed E-state index contributed by atoms with van der Waals surface area (Å²) in [6, 6.07) is 1.91. The predicted molar refractivity (Wildman–Crippen MR) is 56.4 cm³/mol. The van der Waals surface area contributed by atoms with Gasteiger partial charge in [-0.3, -0.25) is 4.79 Å². The van der Waals surface area contributed by atoms with Gasteiger partial charge in [0.15, 0.2) is 0 Å². The molecule has 0 bridgehead atoms. The second-order valence-corrected chi connectivity index (χ2v) is 3.19. The number of methoxy groups -OCH3 is 1. The number of rotatable bonds is 6. The standard InChI is InChI=1S/C10H14N4O2/c1-16-6-2-3-13-10(15)8-14-5-4-12-9(14)7-11/h4-5H,2-3,6,8H2,1H3,(H,13,15). The first-order valence-electron chi connectivity index (χ1n) is 4.94. The van der Waals surface area contributed by atoms with E-state index >= 15 is 0 Å². The van der Waals surface area contributed by atoms with Crippen LogP contribution in [-0.4, -0.2) is 35.7 Å². The number of nitrogens with one attached hydrogen (secondary N) is 1. The van der Waals surface area contributed by atoms with Crippen LogP contribution in [0.2, 0.25) is 0 Å². The maximum Gasteiger partial charge on any atom is 0.240 e. The highest BCUT2D eigenvalue weighted by atomic mass is 16.5. The molecule has 6 heteroatoms. The summed E-state index contributed by atoms with van der Waals surface area (Å²) in [6.07, 6.45) is 3.88. The van der Waals surface area contributed by atoms with Crippen molar-refractivity contribution in [1.29, 1.82) is 5.26 Å². The average molecular weight is 222 g/mol. The van der Waals surface area contributed by atoms with Gasteiger partial charge in [0.2, 0.25) is 11.7 Å². The van der Waals surface area contributed by atoms with Crippen LogP contribution >= 0.6 is 0 Å². The summed E-state index contributed by atoms with van der Waals surface area (Å²) < 4.78 is 6.36. The Morgan fingerprint density at radius 1 is 1.75 bits per heavy atom. The van der Waals surface area contributed by atoms with Gasteiger partial charge in [0.25, 0.3) is 0 Å². The van der Waals surface area contributed by atoms with Crippen molar-refractivity contribution in [3.05, 3.63) is 18.2 Å². The van der Waals surface area contributed by atoms with Gasteiger partial charge < -0.3 is 14.6 Å². The maximum atomic E-state index is 11.4. The van der Waals surface area contributed by atoms with Gasteiger partial charge >= 0.3 is 0 Å². The molecule has 0 spiro atoms. The molecule has 0 saturated carbocycles. The highest BCUT2D eigenvalue weighted by Crippen LogP contribution is 1.94. The number of amides is 1. The Balaban J connectivity index is 2.32.